The minimum absolute atomic E-state index is 0.243. The quantitative estimate of drug-likeness (QED) is 0.654. The fourth-order valence-corrected chi connectivity index (χ4v) is 1.06. The maximum atomic E-state index is 9.57. The summed E-state index contributed by atoms with van der Waals surface area (Å²) in [6, 6.07) is 3.74. The van der Waals surface area contributed by atoms with E-state index in [0.29, 0.717) is 0 Å². The van der Waals surface area contributed by atoms with Gasteiger partial charge in [0.25, 0.3) is 0 Å². The molecule has 0 spiro atoms. The van der Waals surface area contributed by atoms with Crippen molar-refractivity contribution in [1.29, 1.82) is 0 Å². The number of nitrogens with two attached hydrogens (primary N) is 1. The highest BCUT2D eigenvalue weighted by molar-refractivity contribution is 5.43. The molecule has 3 nitrogen and oxygen atoms in total. The number of phenols is 1. The molecule has 3 heteroatoms. The highest BCUT2D eigenvalue weighted by atomic mass is 16.6. The third-order valence-electron chi connectivity index (χ3n) is 2.02. The van der Waals surface area contributed by atoms with Crippen LogP contribution in [-0.4, -0.2) is 5.11 Å². The van der Waals surface area contributed by atoms with Crippen molar-refractivity contribution in [1.82, 2.24) is 0 Å². The summed E-state index contributed by atoms with van der Waals surface area (Å²) in [4.78, 5) is 4.44. The molecule has 0 aliphatic rings. The zero-order chi connectivity index (χ0) is 9.14. The van der Waals surface area contributed by atoms with Crippen LogP contribution in [0.2, 0.25) is 0 Å². The molecule has 0 aliphatic carbocycles. The predicted molar refractivity (Wildman–Crippen MR) is 46.6 cm³/mol. The number of rotatable bonds is 2. The second kappa shape index (κ2) is 3.56. The van der Waals surface area contributed by atoms with E-state index in [9.17, 15) is 5.11 Å². The van der Waals surface area contributed by atoms with Gasteiger partial charge < -0.3 is 5.11 Å². The van der Waals surface area contributed by atoms with Crippen LogP contribution < -0.4 is 5.90 Å². The molecule has 3 N–H and O–H groups in total. The van der Waals surface area contributed by atoms with Crippen molar-refractivity contribution in [2.75, 3.05) is 0 Å². The first kappa shape index (κ1) is 9.03. The molecule has 66 valence electrons. The van der Waals surface area contributed by atoms with Crippen LogP contribution in [0.1, 0.15) is 16.7 Å². The average molecular weight is 167 g/mol. The van der Waals surface area contributed by atoms with Gasteiger partial charge in [-0.1, -0.05) is 12.1 Å². The Morgan fingerprint density at radius 2 is 2.08 bits per heavy atom. The number of benzene rings is 1. The lowest BCUT2D eigenvalue weighted by molar-refractivity contribution is 0.122. The Balaban J connectivity index is 3.08. The van der Waals surface area contributed by atoms with Gasteiger partial charge in [-0.2, -0.15) is 0 Å². The molecule has 0 saturated carbocycles. The SMILES string of the molecule is Cc1ccc(CON)c(O)c1C. The standard InChI is InChI=1S/C9H13NO2/c1-6-3-4-8(5-12-10)9(11)7(6)2/h3-4,11H,5,10H2,1-2H3. The number of hydrogen-bond acceptors (Lipinski definition) is 3. The van der Waals surface area contributed by atoms with Gasteiger partial charge in [-0.15, -0.1) is 0 Å². The Kier molecular flexibility index (Phi) is 2.68. The summed E-state index contributed by atoms with van der Waals surface area (Å²) in [6.07, 6.45) is 0. The van der Waals surface area contributed by atoms with Gasteiger partial charge in [-0.3, -0.25) is 4.84 Å². The summed E-state index contributed by atoms with van der Waals surface area (Å²) in [5, 5.41) is 9.57. The smallest absolute Gasteiger partial charge is 0.124 e. The molecular formula is C9H13NO2. The van der Waals surface area contributed by atoms with E-state index in [4.69, 9.17) is 5.90 Å². The van der Waals surface area contributed by atoms with Crippen LogP contribution in [-0.2, 0) is 11.4 Å². The third kappa shape index (κ3) is 1.57. The van der Waals surface area contributed by atoms with E-state index in [1.54, 1.807) is 0 Å². The van der Waals surface area contributed by atoms with Crippen LogP contribution in [0.25, 0.3) is 0 Å². The molecule has 0 aliphatic heterocycles. The molecule has 0 fully saturated rings. The van der Waals surface area contributed by atoms with E-state index in [0.717, 1.165) is 16.7 Å². The van der Waals surface area contributed by atoms with Gasteiger partial charge in [0.2, 0.25) is 0 Å². The lowest BCUT2D eigenvalue weighted by Crippen LogP contribution is -2.00. The van der Waals surface area contributed by atoms with Crippen molar-refractivity contribution >= 4 is 0 Å². The highest BCUT2D eigenvalue weighted by Gasteiger charge is 2.05. The van der Waals surface area contributed by atoms with E-state index < -0.39 is 0 Å². The van der Waals surface area contributed by atoms with Crippen LogP contribution in [0.5, 0.6) is 5.75 Å². The van der Waals surface area contributed by atoms with Crippen molar-refractivity contribution < 1.29 is 9.94 Å². The van der Waals surface area contributed by atoms with Crippen molar-refractivity contribution in [2.45, 2.75) is 20.5 Å². The Morgan fingerprint density at radius 1 is 1.42 bits per heavy atom. The third-order valence-corrected chi connectivity index (χ3v) is 2.02. The molecular weight excluding hydrogens is 154 g/mol. The van der Waals surface area contributed by atoms with Gasteiger partial charge >= 0.3 is 0 Å². The number of aryl methyl sites for hydroxylation is 1. The molecule has 0 unspecified atom stereocenters. The van der Waals surface area contributed by atoms with Crippen LogP contribution in [0.3, 0.4) is 0 Å². The molecule has 1 aromatic rings. The lowest BCUT2D eigenvalue weighted by atomic mass is 10.1. The Bertz CT molecular complexity index is 284. The van der Waals surface area contributed by atoms with E-state index in [2.05, 4.69) is 4.84 Å². The van der Waals surface area contributed by atoms with Crippen molar-refractivity contribution in [2.24, 2.45) is 5.90 Å². The second-order valence-corrected chi connectivity index (χ2v) is 2.83. The summed E-state index contributed by atoms with van der Waals surface area (Å²) < 4.78 is 0. The van der Waals surface area contributed by atoms with E-state index in [-0.39, 0.29) is 12.4 Å². The average Bonchev–Trinajstić information content (AvgIpc) is 2.07. The normalized spacial score (nSPS) is 10.2. The molecule has 0 saturated heterocycles. The van der Waals surface area contributed by atoms with Crippen LogP contribution >= 0.6 is 0 Å². The van der Waals surface area contributed by atoms with Gasteiger partial charge in [0, 0.05) is 5.56 Å². The first-order valence-corrected chi connectivity index (χ1v) is 3.76. The van der Waals surface area contributed by atoms with Gasteiger partial charge in [-0.05, 0) is 25.0 Å². The van der Waals surface area contributed by atoms with Crippen LogP contribution in [0, 0.1) is 13.8 Å². The zero-order valence-electron chi connectivity index (χ0n) is 7.29. The fraction of sp³-hybridized carbons (Fsp3) is 0.333. The Morgan fingerprint density at radius 3 is 2.67 bits per heavy atom. The molecule has 0 aromatic heterocycles. The monoisotopic (exact) mass is 167 g/mol. The molecule has 0 bridgehead atoms. The summed E-state index contributed by atoms with van der Waals surface area (Å²) in [6.45, 7) is 4.06. The van der Waals surface area contributed by atoms with Gasteiger partial charge in [-0.25, -0.2) is 5.90 Å². The first-order valence-electron chi connectivity index (χ1n) is 3.76. The predicted octanol–water partition coefficient (Wildman–Crippen LogP) is 1.40. The van der Waals surface area contributed by atoms with Crippen molar-refractivity contribution in [3.63, 3.8) is 0 Å². The zero-order valence-corrected chi connectivity index (χ0v) is 7.29. The maximum Gasteiger partial charge on any atom is 0.124 e. The number of phenolic OH excluding ortho intramolecular Hbond substituents is 1. The molecule has 0 atom stereocenters. The van der Waals surface area contributed by atoms with Crippen LogP contribution in [0.4, 0.5) is 0 Å². The largest absolute Gasteiger partial charge is 0.507 e. The minimum Gasteiger partial charge on any atom is -0.507 e. The van der Waals surface area contributed by atoms with Crippen molar-refractivity contribution in [3.8, 4) is 5.75 Å². The topological polar surface area (TPSA) is 55.5 Å². The Hall–Kier alpha value is -1.06. The molecule has 12 heavy (non-hydrogen) atoms. The number of aromatic hydroxyl groups is 1. The molecule has 1 rings (SSSR count). The molecule has 0 radical (unpaired) electrons. The van der Waals surface area contributed by atoms with E-state index >= 15 is 0 Å². The number of hydrogen-bond donors (Lipinski definition) is 2. The summed E-state index contributed by atoms with van der Waals surface area (Å²) in [7, 11) is 0. The van der Waals surface area contributed by atoms with E-state index in [1.807, 2.05) is 26.0 Å². The molecule has 0 heterocycles. The van der Waals surface area contributed by atoms with Crippen molar-refractivity contribution in [3.05, 3.63) is 28.8 Å². The molecule has 0 amide bonds. The van der Waals surface area contributed by atoms with Gasteiger partial charge in [0.15, 0.2) is 0 Å². The molecule has 1 aromatic carbocycles. The summed E-state index contributed by atoms with van der Waals surface area (Å²) in [5.74, 6) is 5.18. The fourth-order valence-electron chi connectivity index (χ4n) is 1.06. The summed E-state index contributed by atoms with van der Waals surface area (Å²) >= 11 is 0. The highest BCUT2D eigenvalue weighted by Crippen LogP contribution is 2.24. The first-order chi connectivity index (χ1) is 5.66. The van der Waals surface area contributed by atoms with Gasteiger partial charge in [0.05, 0.1) is 6.61 Å². The Labute approximate surface area is 71.7 Å². The second-order valence-electron chi connectivity index (χ2n) is 2.83. The van der Waals surface area contributed by atoms with E-state index in [1.165, 1.54) is 0 Å². The summed E-state index contributed by atoms with van der Waals surface area (Å²) in [5.41, 5.74) is 2.67. The van der Waals surface area contributed by atoms with Gasteiger partial charge in [0.1, 0.15) is 5.75 Å². The lowest BCUT2D eigenvalue weighted by Gasteiger charge is -2.07. The minimum atomic E-state index is 0.243. The maximum absolute atomic E-state index is 9.57. The van der Waals surface area contributed by atoms with Crippen LogP contribution in [0.15, 0.2) is 12.1 Å².